The number of carbonyl (C=O) groups is 1. The molecular formula is C24H20FN5O3. The number of rotatable bonds is 4. The number of benzene rings is 2. The van der Waals surface area contributed by atoms with Gasteiger partial charge in [0.25, 0.3) is 11.5 Å². The van der Waals surface area contributed by atoms with Crippen molar-refractivity contribution in [2.24, 2.45) is 0 Å². The van der Waals surface area contributed by atoms with Gasteiger partial charge in [-0.1, -0.05) is 35.5 Å². The van der Waals surface area contributed by atoms with E-state index in [1.165, 1.54) is 28.9 Å². The molecule has 0 aliphatic carbocycles. The van der Waals surface area contributed by atoms with Gasteiger partial charge in [0, 0.05) is 24.7 Å². The van der Waals surface area contributed by atoms with E-state index in [2.05, 4.69) is 15.2 Å². The van der Waals surface area contributed by atoms with Crippen LogP contribution in [0.4, 0.5) is 4.39 Å². The Labute approximate surface area is 188 Å². The number of para-hydroxylation sites is 1. The van der Waals surface area contributed by atoms with E-state index in [9.17, 15) is 14.0 Å². The Bertz CT molecular complexity index is 1350. The zero-order chi connectivity index (χ0) is 22.8. The predicted octanol–water partition coefficient (Wildman–Crippen LogP) is 3.44. The maximum absolute atomic E-state index is 13.5. The summed E-state index contributed by atoms with van der Waals surface area (Å²) in [4.78, 5) is 31.6. The molecular weight excluding hydrogens is 425 g/mol. The van der Waals surface area contributed by atoms with E-state index in [1.807, 2.05) is 6.07 Å². The van der Waals surface area contributed by atoms with Gasteiger partial charge in [-0.2, -0.15) is 14.8 Å². The van der Waals surface area contributed by atoms with Crippen molar-refractivity contribution in [3.8, 4) is 17.1 Å². The third-order valence-corrected chi connectivity index (χ3v) is 5.60. The van der Waals surface area contributed by atoms with E-state index in [4.69, 9.17) is 4.52 Å². The minimum Gasteiger partial charge on any atom is -0.339 e. The van der Waals surface area contributed by atoms with Gasteiger partial charge in [0.2, 0.25) is 11.7 Å². The molecule has 8 nitrogen and oxygen atoms in total. The second-order valence-corrected chi connectivity index (χ2v) is 7.86. The van der Waals surface area contributed by atoms with Gasteiger partial charge >= 0.3 is 0 Å². The molecule has 1 amide bonds. The highest BCUT2D eigenvalue weighted by Crippen LogP contribution is 2.28. The summed E-state index contributed by atoms with van der Waals surface area (Å²) in [5, 5.41) is 8.27. The van der Waals surface area contributed by atoms with Gasteiger partial charge in [-0.3, -0.25) is 9.59 Å². The van der Waals surface area contributed by atoms with E-state index in [0.29, 0.717) is 36.1 Å². The fourth-order valence-electron chi connectivity index (χ4n) is 3.95. The Morgan fingerprint density at radius 3 is 2.73 bits per heavy atom. The van der Waals surface area contributed by atoms with Gasteiger partial charge in [-0.15, -0.1) is 0 Å². The van der Waals surface area contributed by atoms with Gasteiger partial charge in [0.05, 0.1) is 11.6 Å². The van der Waals surface area contributed by atoms with Crippen molar-refractivity contribution < 1.29 is 13.7 Å². The van der Waals surface area contributed by atoms with Gasteiger partial charge < -0.3 is 9.42 Å². The van der Waals surface area contributed by atoms with Crippen molar-refractivity contribution in [2.75, 3.05) is 13.1 Å². The summed E-state index contributed by atoms with van der Waals surface area (Å²) in [5.41, 5.74) is 0.987. The van der Waals surface area contributed by atoms with Crippen LogP contribution in [0, 0.1) is 5.82 Å². The fraction of sp³-hybridized carbons (Fsp3) is 0.208. The van der Waals surface area contributed by atoms with Crippen molar-refractivity contribution in [1.82, 2.24) is 24.8 Å². The minimum absolute atomic E-state index is 0.141. The molecule has 0 radical (unpaired) electrons. The van der Waals surface area contributed by atoms with Gasteiger partial charge in [0.1, 0.15) is 11.5 Å². The molecule has 2 aromatic carbocycles. The summed E-state index contributed by atoms with van der Waals surface area (Å²) < 4.78 is 20.2. The van der Waals surface area contributed by atoms with Crippen LogP contribution in [0.15, 0.2) is 76.0 Å². The number of nitrogens with zero attached hydrogens (tertiary/aromatic N) is 5. The first-order valence-corrected chi connectivity index (χ1v) is 10.6. The van der Waals surface area contributed by atoms with E-state index >= 15 is 0 Å². The number of piperidine rings is 1. The SMILES string of the molecule is O=C(c1ccc(=O)n(-c2ccccc2)n1)N1CCCC(c2nc(-c3cccc(F)c3)no2)C1. The molecule has 3 heterocycles. The molecule has 1 atom stereocenters. The standard InChI is InChI=1S/C24H20FN5O3/c25-18-8-4-6-16(14-18)22-26-23(33-28-22)17-7-5-13-29(15-17)24(32)20-11-12-21(31)30(27-20)19-9-2-1-3-10-19/h1-4,6,8-12,14,17H,5,7,13,15H2. The van der Waals surface area contributed by atoms with E-state index in [-0.39, 0.29) is 28.9 Å². The number of amides is 1. The summed E-state index contributed by atoms with van der Waals surface area (Å²) in [6.45, 7) is 0.947. The van der Waals surface area contributed by atoms with Gasteiger partial charge in [0.15, 0.2) is 0 Å². The minimum atomic E-state index is -0.377. The van der Waals surface area contributed by atoms with Crippen LogP contribution in [0.3, 0.4) is 0 Å². The first kappa shape index (κ1) is 20.7. The molecule has 1 aliphatic heterocycles. The maximum atomic E-state index is 13.5. The molecule has 4 aromatic rings. The molecule has 166 valence electrons. The van der Waals surface area contributed by atoms with Crippen molar-refractivity contribution in [1.29, 1.82) is 0 Å². The number of halogens is 1. The quantitative estimate of drug-likeness (QED) is 0.478. The number of likely N-dealkylation sites (tertiary alicyclic amines) is 1. The molecule has 0 saturated carbocycles. The lowest BCUT2D eigenvalue weighted by Crippen LogP contribution is -2.40. The molecule has 5 rings (SSSR count). The Morgan fingerprint density at radius 2 is 1.91 bits per heavy atom. The summed E-state index contributed by atoms with van der Waals surface area (Å²) in [6, 6.07) is 17.7. The lowest BCUT2D eigenvalue weighted by atomic mass is 9.97. The highest BCUT2D eigenvalue weighted by Gasteiger charge is 2.30. The highest BCUT2D eigenvalue weighted by atomic mass is 19.1. The molecule has 0 spiro atoms. The summed E-state index contributed by atoms with van der Waals surface area (Å²) >= 11 is 0. The second-order valence-electron chi connectivity index (χ2n) is 7.86. The van der Waals surface area contributed by atoms with E-state index in [0.717, 1.165) is 12.8 Å². The number of hydrogen-bond donors (Lipinski definition) is 0. The largest absolute Gasteiger partial charge is 0.339 e. The molecule has 33 heavy (non-hydrogen) atoms. The van der Waals surface area contributed by atoms with Gasteiger partial charge in [-0.25, -0.2) is 4.39 Å². The Hall–Kier alpha value is -4.14. The van der Waals surface area contributed by atoms with Crippen LogP contribution in [-0.2, 0) is 0 Å². The molecule has 0 bridgehead atoms. The third kappa shape index (κ3) is 4.30. The smallest absolute Gasteiger partial charge is 0.274 e. The zero-order valence-electron chi connectivity index (χ0n) is 17.6. The third-order valence-electron chi connectivity index (χ3n) is 5.60. The van der Waals surface area contributed by atoms with Crippen LogP contribution in [0.1, 0.15) is 35.1 Å². The van der Waals surface area contributed by atoms with Crippen molar-refractivity contribution in [3.05, 3.63) is 94.5 Å². The zero-order valence-corrected chi connectivity index (χ0v) is 17.6. The van der Waals surface area contributed by atoms with Crippen LogP contribution in [0.2, 0.25) is 0 Å². The van der Waals surface area contributed by atoms with Crippen molar-refractivity contribution in [2.45, 2.75) is 18.8 Å². The van der Waals surface area contributed by atoms with Crippen molar-refractivity contribution in [3.63, 3.8) is 0 Å². The lowest BCUT2D eigenvalue weighted by molar-refractivity contribution is 0.0687. The Balaban J connectivity index is 1.35. The molecule has 1 saturated heterocycles. The number of hydrogen-bond acceptors (Lipinski definition) is 6. The molecule has 2 aromatic heterocycles. The molecule has 1 unspecified atom stereocenters. The second kappa shape index (κ2) is 8.78. The highest BCUT2D eigenvalue weighted by molar-refractivity contribution is 5.92. The number of carbonyl (C=O) groups excluding carboxylic acids is 1. The number of aromatic nitrogens is 4. The van der Waals surface area contributed by atoms with Gasteiger partial charge in [-0.05, 0) is 43.2 Å². The van der Waals surface area contributed by atoms with E-state index in [1.54, 1.807) is 41.3 Å². The monoisotopic (exact) mass is 445 g/mol. The summed E-state index contributed by atoms with van der Waals surface area (Å²) in [7, 11) is 0. The lowest BCUT2D eigenvalue weighted by Gasteiger charge is -2.30. The predicted molar refractivity (Wildman–Crippen MR) is 117 cm³/mol. The van der Waals surface area contributed by atoms with Crippen LogP contribution in [0.5, 0.6) is 0 Å². The Morgan fingerprint density at radius 1 is 1.06 bits per heavy atom. The average molecular weight is 445 g/mol. The van der Waals surface area contributed by atoms with E-state index < -0.39 is 0 Å². The van der Waals surface area contributed by atoms with Crippen LogP contribution in [0.25, 0.3) is 17.1 Å². The molecule has 1 fully saturated rings. The normalized spacial score (nSPS) is 16.0. The fourth-order valence-corrected chi connectivity index (χ4v) is 3.95. The maximum Gasteiger partial charge on any atom is 0.274 e. The summed E-state index contributed by atoms with van der Waals surface area (Å²) in [6.07, 6.45) is 1.54. The van der Waals surface area contributed by atoms with Crippen LogP contribution < -0.4 is 5.56 Å². The van der Waals surface area contributed by atoms with Crippen LogP contribution >= 0.6 is 0 Å². The van der Waals surface area contributed by atoms with Crippen LogP contribution in [-0.4, -0.2) is 43.8 Å². The topological polar surface area (TPSA) is 94.1 Å². The first-order valence-electron chi connectivity index (χ1n) is 10.6. The molecule has 9 heteroatoms. The van der Waals surface area contributed by atoms with Crippen molar-refractivity contribution >= 4 is 5.91 Å². The molecule has 1 aliphatic rings. The Kier molecular flexibility index (Phi) is 5.52. The summed E-state index contributed by atoms with van der Waals surface area (Å²) in [5.74, 6) is -0.0667. The average Bonchev–Trinajstić information content (AvgIpc) is 3.35. The molecule has 0 N–H and O–H groups in total. The first-order chi connectivity index (χ1) is 16.1.